The minimum Gasteiger partial charge on any atom is -0.324 e. The van der Waals surface area contributed by atoms with Gasteiger partial charge in [0.05, 0.1) is 0 Å². The molecule has 0 heterocycles. The summed E-state index contributed by atoms with van der Waals surface area (Å²) in [5.41, 5.74) is 0. The van der Waals surface area contributed by atoms with Crippen molar-refractivity contribution in [2.75, 3.05) is 57.6 Å². The Balaban J connectivity index is -0.000000229. The molecule has 7 radical (unpaired) electrons. The van der Waals surface area contributed by atoms with Gasteiger partial charge in [0, 0.05) is 233 Å². The molecule has 201 valence electrons. The molecular weight excluding hydrogens is 706 g/mol. The zero-order valence-corrected chi connectivity index (χ0v) is 41.9. The van der Waals surface area contributed by atoms with Crippen LogP contribution in [0.15, 0.2) is 0 Å². The first kappa shape index (κ1) is 65.1. The molecule has 18 nitrogen and oxygen atoms in total. The van der Waals surface area contributed by atoms with E-state index in [1.54, 1.807) is 0 Å². The largest absolute Gasteiger partial charge is 0.339 e. The van der Waals surface area contributed by atoms with E-state index in [9.17, 15) is 32.6 Å². The van der Waals surface area contributed by atoms with Crippen LogP contribution in [-0.4, -0.2) is 328 Å². The molecule has 0 aliphatic heterocycles. The molecule has 0 saturated carbocycles. The van der Waals surface area contributed by atoms with Crippen LogP contribution in [0.3, 0.4) is 0 Å². The molecule has 0 aliphatic carbocycles. The second kappa shape index (κ2) is 29.4. The standard InChI is InChI=1S/C9H28N3O15P5.7Na/c13-28(14,15)5-10(1-3-11(6-29(16,17)18)7-30(19,20)21)2-4-12(8-31(22,23)24)9-32(25,26)27;;;;;;;/h1-9H2,(H2,13,14,15)(H2,16,17,18)(H2,19,20,21)(H2,22,23,24)(H2,25,26,27);;;;;;;. The zero-order valence-electron chi connectivity index (χ0n) is 23.5. The van der Waals surface area contributed by atoms with Crippen LogP contribution < -0.4 is 0 Å². The molecular formula is C9H28N3Na7O15P5. The molecule has 0 unspecified atom stereocenters. The van der Waals surface area contributed by atoms with Crippen molar-refractivity contribution in [3.8, 4) is 0 Å². The average molecular weight is 734 g/mol. The third-order valence-corrected chi connectivity index (χ3v) is 7.23. The van der Waals surface area contributed by atoms with Crippen molar-refractivity contribution in [3.63, 3.8) is 0 Å². The summed E-state index contributed by atoms with van der Waals surface area (Å²) in [4.78, 5) is 93.2. The van der Waals surface area contributed by atoms with Crippen molar-refractivity contribution in [3.05, 3.63) is 0 Å². The first-order chi connectivity index (χ1) is 13.9. The molecule has 0 aromatic rings. The van der Waals surface area contributed by atoms with Crippen molar-refractivity contribution >= 4 is 245 Å². The van der Waals surface area contributed by atoms with Gasteiger partial charge >= 0.3 is 38.0 Å². The van der Waals surface area contributed by atoms with Crippen LogP contribution in [0.4, 0.5) is 0 Å². The molecule has 0 saturated heterocycles. The Morgan fingerprint density at radius 2 is 0.436 bits per heavy atom. The van der Waals surface area contributed by atoms with Crippen molar-refractivity contribution in [2.24, 2.45) is 0 Å². The van der Waals surface area contributed by atoms with Gasteiger partial charge in [-0.3, -0.25) is 37.5 Å². The maximum atomic E-state index is 11.4. The molecule has 0 aromatic carbocycles. The fraction of sp³-hybridized carbons (Fsp3) is 1.00. The second-order valence-electron chi connectivity index (χ2n) is 6.94. The Labute approximate surface area is 381 Å². The molecule has 30 heteroatoms. The monoisotopic (exact) mass is 734 g/mol. The van der Waals surface area contributed by atoms with Gasteiger partial charge in [-0.1, -0.05) is 0 Å². The van der Waals surface area contributed by atoms with Gasteiger partial charge in [-0.05, 0) is 0 Å². The molecule has 0 bridgehead atoms. The predicted octanol–water partition coefficient (Wildman–Crippen LogP) is -5.10. The van der Waals surface area contributed by atoms with Crippen LogP contribution in [0.2, 0.25) is 0 Å². The van der Waals surface area contributed by atoms with E-state index in [0.29, 0.717) is 9.80 Å². The van der Waals surface area contributed by atoms with E-state index in [4.69, 9.17) is 39.1 Å². The molecule has 39 heavy (non-hydrogen) atoms. The van der Waals surface area contributed by atoms with E-state index < -0.39 is 95.6 Å². The molecule has 0 spiro atoms. The van der Waals surface area contributed by atoms with Gasteiger partial charge in [-0.2, -0.15) is 0 Å². The van der Waals surface area contributed by atoms with E-state index in [1.807, 2.05) is 0 Å². The Kier molecular flexibility index (Phi) is 49.0. The summed E-state index contributed by atoms with van der Waals surface area (Å²) in [6.45, 7) is -1.78. The quantitative estimate of drug-likeness (QED) is 0.0524. The van der Waals surface area contributed by atoms with Gasteiger partial charge in [0.1, 0.15) is 31.4 Å². The third-order valence-electron chi connectivity index (χ3n) is 3.39. The van der Waals surface area contributed by atoms with Crippen molar-refractivity contribution in [1.29, 1.82) is 0 Å². The molecule has 0 fully saturated rings. The Bertz CT molecular complexity index is 747. The first-order valence-electron chi connectivity index (χ1n) is 8.34. The van der Waals surface area contributed by atoms with Crippen LogP contribution in [0.25, 0.3) is 0 Å². The van der Waals surface area contributed by atoms with Gasteiger partial charge in [-0.25, -0.2) is 0 Å². The molecule has 0 aromatic heterocycles. The summed E-state index contributed by atoms with van der Waals surface area (Å²) in [6.07, 6.45) is -5.21. The predicted molar refractivity (Wildman–Crippen MR) is 150 cm³/mol. The van der Waals surface area contributed by atoms with Crippen LogP contribution >= 0.6 is 38.0 Å². The zero-order chi connectivity index (χ0) is 25.6. The van der Waals surface area contributed by atoms with Crippen molar-refractivity contribution < 1.29 is 71.8 Å². The summed E-state index contributed by atoms with van der Waals surface area (Å²) >= 11 is 0. The molecule has 10 N–H and O–H groups in total. The number of hydrogen-bond donors (Lipinski definition) is 10. The average Bonchev–Trinajstić information content (AvgIpc) is 2.41. The van der Waals surface area contributed by atoms with E-state index in [2.05, 4.69) is 0 Å². The second-order valence-corrected chi connectivity index (χ2v) is 15.0. The fourth-order valence-corrected chi connectivity index (χ4v) is 6.66. The topological polar surface area (TPSA) is 297 Å². The smallest absolute Gasteiger partial charge is 0.324 e. The summed E-state index contributed by atoms with van der Waals surface area (Å²) < 4.78 is 56.1. The summed E-state index contributed by atoms with van der Waals surface area (Å²) in [7, 11) is -23.8. The van der Waals surface area contributed by atoms with Crippen molar-refractivity contribution in [1.82, 2.24) is 14.7 Å². The Morgan fingerprint density at radius 3 is 0.590 bits per heavy atom. The van der Waals surface area contributed by atoms with Gasteiger partial charge < -0.3 is 48.9 Å². The van der Waals surface area contributed by atoms with E-state index in [1.165, 1.54) is 0 Å². The molecule has 0 atom stereocenters. The summed E-state index contributed by atoms with van der Waals surface area (Å²) in [6, 6.07) is 0. The molecule has 0 amide bonds. The van der Waals surface area contributed by atoms with Gasteiger partial charge in [0.15, 0.2) is 0 Å². The van der Waals surface area contributed by atoms with Crippen LogP contribution in [0.5, 0.6) is 0 Å². The van der Waals surface area contributed by atoms with Gasteiger partial charge in [-0.15, -0.1) is 0 Å². The number of rotatable bonds is 16. The van der Waals surface area contributed by atoms with Crippen LogP contribution in [0, 0.1) is 0 Å². The minimum absolute atomic E-state index is 0. The Morgan fingerprint density at radius 1 is 0.308 bits per heavy atom. The minimum atomic E-state index is -4.76. The van der Waals surface area contributed by atoms with E-state index in [0.717, 1.165) is 4.90 Å². The van der Waals surface area contributed by atoms with Crippen LogP contribution in [-0.2, 0) is 22.8 Å². The van der Waals surface area contributed by atoms with E-state index >= 15 is 0 Å². The maximum absolute atomic E-state index is 11.4. The number of nitrogens with zero attached hydrogens (tertiary/aromatic N) is 3. The van der Waals surface area contributed by atoms with Gasteiger partial charge in [0.2, 0.25) is 0 Å². The fourth-order valence-electron chi connectivity index (χ4n) is 2.49. The number of hydrogen-bond acceptors (Lipinski definition) is 8. The molecule has 0 rings (SSSR count). The maximum Gasteiger partial charge on any atom is 0.339 e. The van der Waals surface area contributed by atoms with Gasteiger partial charge in [0.25, 0.3) is 0 Å². The third kappa shape index (κ3) is 47.8. The SMILES string of the molecule is O=P(O)(O)CN(CCN(CP(=O)(O)O)CP(=O)(O)O)CCN(CP(=O)(O)O)CP(=O)(O)O.[Na].[Na].[Na].[Na].[Na].[Na].[Na]. The first-order valence-corrected chi connectivity index (χ1v) is 17.3. The van der Waals surface area contributed by atoms with E-state index in [-0.39, 0.29) is 207 Å². The molecule has 0 aliphatic rings. The normalized spacial score (nSPS) is 12.0. The van der Waals surface area contributed by atoms with Crippen molar-refractivity contribution in [2.45, 2.75) is 0 Å². The van der Waals surface area contributed by atoms with Crippen LogP contribution in [0.1, 0.15) is 0 Å². The Hall–Kier alpha value is 7.63. The summed E-state index contributed by atoms with van der Waals surface area (Å²) in [5, 5.41) is 0. The summed E-state index contributed by atoms with van der Waals surface area (Å²) in [5.74, 6) is 0.